The van der Waals surface area contributed by atoms with Gasteiger partial charge in [-0.25, -0.2) is 4.39 Å². The number of aryl methyl sites for hydroxylation is 1. The van der Waals surface area contributed by atoms with Gasteiger partial charge >= 0.3 is 0 Å². The minimum absolute atomic E-state index is 0.0501. The maximum atomic E-state index is 13.2. The Balaban J connectivity index is 1.77. The van der Waals surface area contributed by atoms with Crippen molar-refractivity contribution < 1.29 is 14.0 Å². The van der Waals surface area contributed by atoms with E-state index in [4.69, 9.17) is 11.6 Å². The van der Waals surface area contributed by atoms with Crippen molar-refractivity contribution in [2.24, 2.45) is 0 Å². The number of benzene rings is 2. The van der Waals surface area contributed by atoms with Crippen LogP contribution in [-0.4, -0.2) is 16.8 Å². The second-order valence-corrected chi connectivity index (χ2v) is 6.62. The third kappa shape index (κ3) is 4.35. The molecule has 2 amide bonds. The highest BCUT2D eigenvalue weighted by atomic mass is 35.5. The molecule has 0 saturated carbocycles. The lowest BCUT2D eigenvalue weighted by molar-refractivity contribution is 0.102. The molecule has 0 saturated heterocycles. The summed E-state index contributed by atoms with van der Waals surface area (Å²) in [4.78, 5) is 29.0. The molecule has 3 rings (SSSR count). The van der Waals surface area contributed by atoms with Crippen LogP contribution >= 0.6 is 11.6 Å². The minimum atomic E-state index is -0.581. The van der Waals surface area contributed by atoms with Crippen LogP contribution in [0.2, 0.25) is 5.02 Å². The van der Waals surface area contributed by atoms with Crippen LogP contribution in [0.3, 0.4) is 0 Å². The van der Waals surface area contributed by atoms with E-state index in [1.807, 2.05) is 32.0 Å². The fourth-order valence-corrected chi connectivity index (χ4v) is 2.73. The largest absolute Gasteiger partial charge is 0.322 e. The Bertz CT molecular complexity index is 1070. The molecule has 0 unspecified atom stereocenters. The molecule has 1 aromatic heterocycles. The summed E-state index contributed by atoms with van der Waals surface area (Å²) >= 11 is 5.72. The van der Waals surface area contributed by atoms with E-state index in [0.29, 0.717) is 11.4 Å². The van der Waals surface area contributed by atoms with Crippen LogP contribution in [0.4, 0.5) is 15.8 Å². The van der Waals surface area contributed by atoms with Gasteiger partial charge in [-0.1, -0.05) is 23.7 Å². The lowest BCUT2D eigenvalue weighted by atomic mass is 10.1. The number of nitrogens with zero attached hydrogens (tertiary/aromatic N) is 1. The normalized spacial score (nSPS) is 10.4. The van der Waals surface area contributed by atoms with Gasteiger partial charge in [0.1, 0.15) is 11.5 Å². The van der Waals surface area contributed by atoms with Gasteiger partial charge in [-0.2, -0.15) is 0 Å². The first-order valence-electron chi connectivity index (χ1n) is 8.45. The van der Waals surface area contributed by atoms with Crippen molar-refractivity contribution in [3.63, 3.8) is 0 Å². The summed E-state index contributed by atoms with van der Waals surface area (Å²) in [5.74, 6) is -1.47. The molecule has 5 nitrogen and oxygen atoms in total. The first-order valence-corrected chi connectivity index (χ1v) is 8.83. The summed E-state index contributed by atoms with van der Waals surface area (Å²) < 4.78 is 13.2. The van der Waals surface area contributed by atoms with Gasteiger partial charge in [0.05, 0.1) is 5.02 Å². The quantitative estimate of drug-likeness (QED) is 0.651. The minimum Gasteiger partial charge on any atom is -0.322 e. The van der Waals surface area contributed by atoms with Gasteiger partial charge in [0.25, 0.3) is 11.8 Å². The van der Waals surface area contributed by atoms with Gasteiger partial charge in [0.15, 0.2) is 0 Å². The molecule has 0 fully saturated rings. The number of halogens is 2. The molecule has 2 N–H and O–H groups in total. The van der Waals surface area contributed by atoms with Gasteiger partial charge in [0, 0.05) is 23.1 Å². The number of hydrogen-bond donors (Lipinski definition) is 2. The van der Waals surface area contributed by atoms with Crippen LogP contribution in [0.5, 0.6) is 0 Å². The van der Waals surface area contributed by atoms with Crippen molar-refractivity contribution in [2.45, 2.75) is 13.8 Å². The third-order valence-electron chi connectivity index (χ3n) is 4.29. The van der Waals surface area contributed by atoms with Crippen molar-refractivity contribution in [3.8, 4) is 0 Å². The van der Waals surface area contributed by atoms with E-state index in [0.717, 1.165) is 17.2 Å². The second kappa shape index (κ2) is 8.19. The Morgan fingerprint density at radius 3 is 2.54 bits per heavy atom. The molecule has 0 radical (unpaired) electrons. The maximum absolute atomic E-state index is 13.2. The Morgan fingerprint density at radius 1 is 1.00 bits per heavy atom. The van der Waals surface area contributed by atoms with Crippen LogP contribution in [0.15, 0.2) is 54.7 Å². The molecule has 0 aliphatic carbocycles. The SMILES string of the molecule is Cc1cccc(NC(=O)c2ccnc(C(=O)Nc3ccc(F)c(Cl)c3)c2)c1C. The number of aromatic nitrogens is 1. The van der Waals surface area contributed by atoms with Crippen LogP contribution in [0.1, 0.15) is 32.0 Å². The average molecular weight is 398 g/mol. The Hall–Kier alpha value is -3.25. The molecule has 0 atom stereocenters. The molecule has 2 aromatic carbocycles. The van der Waals surface area contributed by atoms with Gasteiger partial charge in [0.2, 0.25) is 0 Å². The molecule has 142 valence electrons. The van der Waals surface area contributed by atoms with Gasteiger partial charge in [-0.3, -0.25) is 14.6 Å². The van der Waals surface area contributed by atoms with Crippen molar-refractivity contribution >= 4 is 34.8 Å². The zero-order valence-electron chi connectivity index (χ0n) is 15.2. The zero-order chi connectivity index (χ0) is 20.3. The number of rotatable bonds is 4. The standard InChI is InChI=1S/C21H17ClFN3O2/c1-12-4-3-5-18(13(12)2)26-20(27)14-8-9-24-19(10-14)21(28)25-15-6-7-17(23)16(22)11-15/h3-11H,1-2H3,(H,25,28)(H,26,27). The molecule has 0 aliphatic rings. The molecular weight excluding hydrogens is 381 g/mol. The predicted octanol–water partition coefficient (Wildman–Crippen LogP) is 5.00. The fraction of sp³-hybridized carbons (Fsp3) is 0.0952. The van der Waals surface area contributed by atoms with Crippen LogP contribution in [0.25, 0.3) is 0 Å². The monoisotopic (exact) mass is 397 g/mol. The summed E-state index contributed by atoms with van der Waals surface area (Å²) in [6.07, 6.45) is 1.38. The van der Waals surface area contributed by atoms with Gasteiger partial charge in [-0.05, 0) is 61.4 Å². The number of carbonyl (C=O) groups is 2. The lowest BCUT2D eigenvalue weighted by Gasteiger charge is -2.11. The van der Waals surface area contributed by atoms with Crippen molar-refractivity contribution in [1.29, 1.82) is 0 Å². The van der Waals surface area contributed by atoms with Crippen LogP contribution in [0, 0.1) is 19.7 Å². The highest BCUT2D eigenvalue weighted by Crippen LogP contribution is 2.21. The lowest BCUT2D eigenvalue weighted by Crippen LogP contribution is -2.17. The molecule has 3 aromatic rings. The summed E-state index contributed by atoms with van der Waals surface area (Å²) in [5.41, 5.74) is 3.39. The summed E-state index contributed by atoms with van der Waals surface area (Å²) in [6.45, 7) is 3.88. The van der Waals surface area contributed by atoms with Crippen molar-refractivity contribution in [3.05, 3.63) is 88.0 Å². The van der Waals surface area contributed by atoms with E-state index in [9.17, 15) is 14.0 Å². The van der Waals surface area contributed by atoms with Crippen LogP contribution < -0.4 is 10.6 Å². The van der Waals surface area contributed by atoms with Crippen molar-refractivity contribution in [2.75, 3.05) is 10.6 Å². The van der Waals surface area contributed by atoms with E-state index in [1.54, 1.807) is 0 Å². The van der Waals surface area contributed by atoms with E-state index >= 15 is 0 Å². The molecule has 28 heavy (non-hydrogen) atoms. The average Bonchev–Trinajstić information content (AvgIpc) is 2.68. The van der Waals surface area contributed by atoms with Gasteiger partial charge < -0.3 is 10.6 Å². The highest BCUT2D eigenvalue weighted by molar-refractivity contribution is 6.31. The third-order valence-corrected chi connectivity index (χ3v) is 4.57. The maximum Gasteiger partial charge on any atom is 0.274 e. The second-order valence-electron chi connectivity index (χ2n) is 6.21. The Morgan fingerprint density at radius 2 is 1.79 bits per heavy atom. The molecule has 0 bridgehead atoms. The molecule has 7 heteroatoms. The number of nitrogens with one attached hydrogen (secondary N) is 2. The summed E-state index contributed by atoms with van der Waals surface area (Å²) in [6, 6.07) is 12.4. The van der Waals surface area contributed by atoms with E-state index in [1.165, 1.54) is 30.5 Å². The van der Waals surface area contributed by atoms with E-state index in [-0.39, 0.29) is 22.2 Å². The molecule has 1 heterocycles. The number of carbonyl (C=O) groups excluding carboxylic acids is 2. The number of hydrogen-bond acceptors (Lipinski definition) is 3. The number of anilines is 2. The number of amides is 2. The topological polar surface area (TPSA) is 71.1 Å². The Kier molecular flexibility index (Phi) is 5.70. The zero-order valence-corrected chi connectivity index (χ0v) is 16.0. The fourth-order valence-electron chi connectivity index (χ4n) is 2.55. The predicted molar refractivity (Wildman–Crippen MR) is 107 cm³/mol. The van der Waals surface area contributed by atoms with E-state index in [2.05, 4.69) is 15.6 Å². The number of pyridine rings is 1. The smallest absolute Gasteiger partial charge is 0.274 e. The highest BCUT2D eigenvalue weighted by Gasteiger charge is 2.14. The van der Waals surface area contributed by atoms with E-state index < -0.39 is 11.7 Å². The first kappa shape index (κ1) is 19.5. The van der Waals surface area contributed by atoms with Gasteiger partial charge in [-0.15, -0.1) is 0 Å². The first-order chi connectivity index (χ1) is 13.3. The van der Waals surface area contributed by atoms with Crippen LogP contribution in [-0.2, 0) is 0 Å². The summed E-state index contributed by atoms with van der Waals surface area (Å²) in [7, 11) is 0. The Labute approximate surface area is 166 Å². The molecule has 0 aliphatic heterocycles. The summed E-state index contributed by atoms with van der Waals surface area (Å²) in [5, 5.41) is 5.31. The van der Waals surface area contributed by atoms with Crippen molar-refractivity contribution in [1.82, 2.24) is 4.98 Å². The molecular formula is C21H17ClFN3O2. The molecule has 0 spiro atoms.